The first kappa shape index (κ1) is 14.5. The quantitative estimate of drug-likeness (QED) is 0.387. The Hall–Kier alpha value is -0.610. The molecule has 1 N–H and O–H groups in total. The van der Waals surface area contributed by atoms with Crippen LogP contribution in [-0.4, -0.2) is 17.1 Å². The van der Waals surface area contributed by atoms with Crippen molar-refractivity contribution < 1.29 is 8.42 Å². The van der Waals surface area contributed by atoms with Crippen LogP contribution in [0.2, 0.25) is 0 Å². The summed E-state index contributed by atoms with van der Waals surface area (Å²) in [5.74, 6) is 0. The minimum absolute atomic E-state index is 0.00513. The number of hydrogen-bond donors (Lipinski definition) is 1. The second-order valence-electron chi connectivity index (χ2n) is 2.77. The molecule has 0 aliphatic heterocycles. The molecule has 4 nitrogen and oxygen atoms in total. The Labute approximate surface area is 121 Å². The van der Waals surface area contributed by atoms with Gasteiger partial charge in [-0.15, -0.1) is 0 Å². The Morgan fingerprint density at radius 3 is 2.12 bits per heavy atom. The van der Waals surface area contributed by atoms with Gasteiger partial charge in [-0.1, -0.05) is 4.32 Å². The van der Waals surface area contributed by atoms with E-state index in [1.807, 2.05) is 0 Å². The molecule has 0 unspecified atom stereocenters. The predicted molar refractivity (Wildman–Crippen MR) is 79.4 cm³/mol. The number of nitrogens with zero attached hydrogens (tertiary/aromatic N) is 1. The van der Waals surface area contributed by atoms with Gasteiger partial charge in [0.1, 0.15) is 0 Å². The number of hydrogen-bond acceptors (Lipinski definition) is 6. The van der Waals surface area contributed by atoms with Crippen LogP contribution in [0.3, 0.4) is 0 Å². The molecule has 0 aromatic heterocycles. The summed E-state index contributed by atoms with van der Waals surface area (Å²) < 4.78 is 26.2. The normalized spacial score (nSPS) is 10.6. The second kappa shape index (κ2) is 5.83. The second-order valence-corrected chi connectivity index (χ2v) is 6.48. The van der Waals surface area contributed by atoms with Gasteiger partial charge in [-0.05, 0) is 24.3 Å². The molecular weight excluding hydrogens is 316 g/mol. The van der Waals surface area contributed by atoms with Gasteiger partial charge in [0.05, 0.1) is 4.90 Å². The molecule has 0 spiro atoms. The Balaban J connectivity index is 3.03. The maximum atomic E-state index is 11.6. The topological polar surface area (TPSA) is 58.5 Å². The molecule has 17 heavy (non-hydrogen) atoms. The number of rotatable bonds is 3. The minimum atomic E-state index is -3.81. The summed E-state index contributed by atoms with van der Waals surface area (Å²) in [6.07, 6.45) is 0. The van der Waals surface area contributed by atoms with E-state index in [2.05, 4.69) is 59.8 Å². The lowest BCUT2D eigenvalue weighted by atomic mass is 10.3. The van der Waals surface area contributed by atoms with Crippen molar-refractivity contribution in [1.29, 1.82) is 0 Å². The van der Waals surface area contributed by atoms with E-state index < -0.39 is 10.0 Å². The monoisotopic (exact) mass is 321 g/mol. The number of anilines is 1. The molecule has 0 amide bonds. The molecule has 0 fully saturated rings. The maximum Gasteiger partial charge on any atom is 0.278 e. The van der Waals surface area contributed by atoms with Crippen LogP contribution in [0.5, 0.6) is 0 Å². The van der Waals surface area contributed by atoms with Gasteiger partial charge < -0.3 is 55.4 Å². The molecule has 0 bridgehead atoms. The summed E-state index contributed by atoms with van der Waals surface area (Å²) in [5, 5.41) is 2.70. The summed E-state index contributed by atoms with van der Waals surface area (Å²) in [5.41, 5.74) is 0.602. The van der Waals surface area contributed by atoms with Crippen molar-refractivity contribution >= 4 is 74.5 Å². The summed E-state index contributed by atoms with van der Waals surface area (Å²) in [4.78, 5) is 0.00513. The van der Waals surface area contributed by atoms with Crippen LogP contribution in [0, 0.1) is 0 Å². The lowest BCUT2D eigenvalue weighted by Gasteiger charge is -2.15. The third-order valence-electron chi connectivity index (χ3n) is 1.59. The number of thiocarbonyl (C=S) groups is 1. The Morgan fingerprint density at radius 2 is 1.71 bits per heavy atom. The van der Waals surface area contributed by atoms with Gasteiger partial charge in [0.25, 0.3) is 10.0 Å². The summed E-state index contributed by atoms with van der Waals surface area (Å²) in [7, 11) is -3.81. The van der Waals surface area contributed by atoms with Crippen molar-refractivity contribution in [1.82, 2.24) is 0 Å². The fourth-order valence-corrected chi connectivity index (χ4v) is 2.59. The standard InChI is InChI=1S/C8H8N2O2S5/c11-17(12,10-8(15)16)6-3-1-5(2-4-6)9-7(13)14/h1-4H,(H2,9,13,14)(H2,10,15,16)/p-3. The van der Waals surface area contributed by atoms with E-state index in [1.165, 1.54) is 24.3 Å². The fourth-order valence-electron chi connectivity index (χ4n) is 0.979. The molecule has 0 saturated carbocycles. The molecular formula is C8H5N2O2S5-3. The van der Waals surface area contributed by atoms with E-state index in [4.69, 9.17) is 0 Å². The first-order valence-electron chi connectivity index (χ1n) is 4.08. The SMILES string of the molecule is O=S(=O)(N=C([S-])[S-])c1ccc(NC(=S)[S-])cc1. The van der Waals surface area contributed by atoms with Crippen molar-refractivity contribution in [2.24, 2.45) is 4.40 Å². The van der Waals surface area contributed by atoms with E-state index in [9.17, 15) is 8.42 Å². The summed E-state index contributed by atoms with van der Waals surface area (Å²) >= 11 is 18.3. The van der Waals surface area contributed by atoms with E-state index in [1.54, 1.807) is 0 Å². The highest BCUT2D eigenvalue weighted by molar-refractivity contribution is 8.06. The zero-order valence-corrected chi connectivity index (χ0v) is 12.2. The fraction of sp³-hybridized carbons (Fsp3) is 0. The maximum absolute atomic E-state index is 11.6. The van der Waals surface area contributed by atoms with Crippen LogP contribution in [0.15, 0.2) is 33.6 Å². The van der Waals surface area contributed by atoms with Crippen LogP contribution in [-0.2, 0) is 47.9 Å². The lowest BCUT2D eigenvalue weighted by Crippen LogP contribution is -2.05. The number of nitrogens with one attached hydrogen (secondary N) is 1. The van der Waals surface area contributed by atoms with Gasteiger partial charge in [-0.2, -0.15) is 8.42 Å². The average Bonchev–Trinajstić information content (AvgIpc) is 2.15. The van der Waals surface area contributed by atoms with E-state index in [0.717, 1.165) is 0 Å². The van der Waals surface area contributed by atoms with Crippen LogP contribution >= 0.6 is 12.2 Å². The highest BCUT2D eigenvalue weighted by atomic mass is 32.2. The minimum Gasteiger partial charge on any atom is -0.788 e. The summed E-state index contributed by atoms with van der Waals surface area (Å²) in [6.45, 7) is 0. The zero-order chi connectivity index (χ0) is 13.1. The number of sulfonamides is 1. The molecule has 1 aromatic rings. The first-order valence-corrected chi connectivity index (χ1v) is 7.15. The molecule has 0 aliphatic carbocycles. The van der Waals surface area contributed by atoms with Gasteiger partial charge >= 0.3 is 0 Å². The van der Waals surface area contributed by atoms with Crippen LogP contribution in [0.25, 0.3) is 0 Å². The molecule has 0 heterocycles. The van der Waals surface area contributed by atoms with Gasteiger partial charge in [-0.3, -0.25) is 0 Å². The van der Waals surface area contributed by atoms with Crippen molar-refractivity contribution in [2.45, 2.75) is 4.90 Å². The van der Waals surface area contributed by atoms with Crippen molar-refractivity contribution in [3.05, 3.63) is 24.3 Å². The largest absolute Gasteiger partial charge is 0.788 e. The van der Waals surface area contributed by atoms with Gasteiger partial charge in [-0.25, -0.2) is 8.77 Å². The van der Waals surface area contributed by atoms with Gasteiger partial charge in [0, 0.05) is 5.69 Å². The average molecular weight is 321 g/mol. The molecule has 9 heteroatoms. The smallest absolute Gasteiger partial charge is 0.278 e. The first-order chi connectivity index (χ1) is 7.81. The molecule has 0 aliphatic rings. The van der Waals surface area contributed by atoms with Gasteiger partial charge in [0.15, 0.2) is 0 Å². The highest BCUT2D eigenvalue weighted by Gasteiger charge is 2.09. The Morgan fingerprint density at radius 1 is 1.18 bits per heavy atom. The molecule has 0 atom stereocenters. The third kappa shape index (κ3) is 4.64. The lowest BCUT2D eigenvalue weighted by molar-refractivity contribution is 0.598. The van der Waals surface area contributed by atoms with E-state index >= 15 is 0 Å². The van der Waals surface area contributed by atoms with Crippen molar-refractivity contribution in [2.75, 3.05) is 5.32 Å². The zero-order valence-electron chi connectivity index (χ0n) is 8.11. The Bertz CT molecular complexity index is 546. The summed E-state index contributed by atoms with van der Waals surface area (Å²) in [6, 6.07) is 5.77. The molecule has 92 valence electrons. The molecule has 0 saturated heterocycles. The third-order valence-corrected chi connectivity index (χ3v) is 3.50. The van der Waals surface area contributed by atoms with Crippen LogP contribution in [0.1, 0.15) is 0 Å². The van der Waals surface area contributed by atoms with Crippen LogP contribution < -0.4 is 5.32 Å². The predicted octanol–water partition coefficient (Wildman–Crippen LogP) is 1.07. The van der Waals surface area contributed by atoms with E-state index in [-0.39, 0.29) is 13.6 Å². The number of benzene rings is 1. The highest BCUT2D eigenvalue weighted by Crippen LogP contribution is 2.16. The van der Waals surface area contributed by atoms with Crippen molar-refractivity contribution in [3.8, 4) is 0 Å². The van der Waals surface area contributed by atoms with E-state index in [0.29, 0.717) is 5.69 Å². The Kier molecular flexibility index (Phi) is 4.95. The molecule has 1 aromatic carbocycles. The van der Waals surface area contributed by atoms with Crippen LogP contribution in [0.4, 0.5) is 5.69 Å². The molecule has 0 radical (unpaired) electrons. The van der Waals surface area contributed by atoms with Gasteiger partial charge in [0.2, 0.25) is 0 Å². The van der Waals surface area contributed by atoms with Crippen molar-refractivity contribution in [3.63, 3.8) is 0 Å². The molecule has 1 rings (SSSR count).